The molecule has 96 valence electrons. The fourth-order valence-electron chi connectivity index (χ4n) is 1.68. The molecule has 0 aliphatic rings. The largest absolute Gasteiger partial charge is 0.351 e. The van der Waals surface area contributed by atoms with Crippen molar-refractivity contribution in [1.82, 2.24) is 14.8 Å². The Morgan fingerprint density at radius 2 is 1.76 bits per heavy atom. The summed E-state index contributed by atoms with van der Waals surface area (Å²) in [6.07, 6.45) is 6.74. The number of aromatic nitrogens is 3. The van der Waals surface area contributed by atoms with E-state index in [4.69, 9.17) is 0 Å². The summed E-state index contributed by atoms with van der Waals surface area (Å²) < 4.78 is 0.744. The van der Waals surface area contributed by atoms with Crippen LogP contribution in [0.1, 0.15) is 56.7 Å². The topological polar surface area (TPSA) is 87.7 Å². The SMILES string of the molecule is CCCCCCCCC(=O)n1[nH]c(=O)[nH]c1=O. The molecular formula is C11H19N3O3. The molecule has 6 nitrogen and oxygen atoms in total. The van der Waals surface area contributed by atoms with Crippen LogP contribution in [0.3, 0.4) is 0 Å². The fraction of sp³-hybridized carbons (Fsp3) is 0.727. The highest BCUT2D eigenvalue weighted by Gasteiger charge is 2.08. The highest BCUT2D eigenvalue weighted by atomic mass is 16.2. The van der Waals surface area contributed by atoms with Crippen LogP contribution in [0.2, 0.25) is 0 Å². The minimum Gasteiger partial charge on any atom is -0.272 e. The summed E-state index contributed by atoms with van der Waals surface area (Å²) in [7, 11) is 0. The lowest BCUT2D eigenvalue weighted by Crippen LogP contribution is -2.25. The van der Waals surface area contributed by atoms with Crippen LogP contribution in [-0.4, -0.2) is 20.7 Å². The molecule has 1 heterocycles. The van der Waals surface area contributed by atoms with Gasteiger partial charge in [-0.25, -0.2) is 14.7 Å². The van der Waals surface area contributed by atoms with Gasteiger partial charge in [0.25, 0.3) is 0 Å². The second-order valence-corrected chi connectivity index (χ2v) is 4.12. The standard InChI is InChI=1S/C11H19N3O3/c1-2-3-4-5-6-7-8-9(15)14-11(17)12-10(16)13-14/h2-8H2,1H3,(H2,12,13,16,17). The lowest BCUT2D eigenvalue weighted by molar-refractivity contribution is 0.0878. The quantitative estimate of drug-likeness (QED) is 0.704. The number of nitrogens with zero attached hydrogens (tertiary/aromatic N) is 1. The van der Waals surface area contributed by atoms with E-state index in [2.05, 4.69) is 12.0 Å². The summed E-state index contributed by atoms with van der Waals surface area (Å²) in [5.74, 6) is -0.358. The van der Waals surface area contributed by atoms with Crippen molar-refractivity contribution in [2.45, 2.75) is 51.9 Å². The molecule has 0 fully saturated rings. The first-order chi connectivity index (χ1) is 8.15. The molecule has 1 rings (SSSR count). The first-order valence-electron chi connectivity index (χ1n) is 6.09. The molecule has 0 unspecified atom stereocenters. The third-order valence-electron chi connectivity index (χ3n) is 2.63. The Labute approximate surface area is 99.0 Å². The van der Waals surface area contributed by atoms with Crippen molar-refractivity contribution in [3.05, 3.63) is 21.0 Å². The predicted octanol–water partition coefficient (Wildman–Crippen LogP) is 1.26. The second-order valence-electron chi connectivity index (χ2n) is 4.12. The molecule has 0 spiro atoms. The number of hydrogen-bond acceptors (Lipinski definition) is 3. The van der Waals surface area contributed by atoms with E-state index < -0.39 is 11.4 Å². The average molecular weight is 241 g/mol. The van der Waals surface area contributed by atoms with Crippen LogP contribution in [0.25, 0.3) is 0 Å². The number of carbonyl (C=O) groups excluding carboxylic acids is 1. The van der Waals surface area contributed by atoms with Gasteiger partial charge in [-0.1, -0.05) is 39.0 Å². The zero-order valence-electron chi connectivity index (χ0n) is 10.1. The third-order valence-corrected chi connectivity index (χ3v) is 2.63. The van der Waals surface area contributed by atoms with Crippen molar-refractivity contribution in [3.8, 4) is 0 Å². The molecule has 6 heteroatoms. The lowest BCUT2D eigenvalue weighted by Gasteiger charge is -2.00. The molecule has 1 aromatic rings. The Morgan fingerprint density at radius 1 is 1.12 bits per heavy atom. The molecule has 0 saturated heterocycles. The number of hydrogen-bond donors (Lipinski definition) is 2. The number of unbranched alkanes of at least 4 members (excludes halogenated alkanes) is 5. The van der Waals surface area contributed by atoms with Gasteiger partial charge in [-0.05, 0) is 6.42 Å². The summed E-state index contributed by atoms with van der Waals surface area (Å²) in [4.78, 5) is 35.4. The van der Waals surface area contributed by atoms with Crippen LogP contribution in [-0.2, 0) is 0 Å². The van der Waals surface area contributed by atoms with E-state index in [1.54, 1.807) is 0 Å². The van der Waals surface area contributed by atoms with Gasteiger partial charge < -0.3 is 0 Å². The van der Waals surface area contributed by atoms with Crippen LogP contribution >= 0.6 is 0 Å². The summed E-state index contributed by atoms with van der Waals surface area (Å²) in [6.45, 7) is 2.15. The van der Waals surface area contributed by atoms with Crippen LogP contribution in [0.15, 0.2) is 9.59 Å². The maximum atomic E-state index is 11.5. The van der Waals surface area contributed by atoms with Gasteiger partial charge in [0.2, 0.25) is 5.91 Å². The lowest BCUT2D eigenvalue weighted by atomic mass is 10.1. The van der Waals surface area contributed by atoms with E-state index in [0.29, 0.717) is 6.42 Å². The Hall–Kier alpha value is -1.59. The van der Waals surface area contributed by atoms with E-state index in [9.17, 15) is 14.4 Å². The minimum absolute atomic E-state index is 0.291. The van der Waals surface area contributed by atoms with Crippen molar-refractivity contribution in [1.29, 1.82) is 0 Å². The zero-order valence-corrected chi connectivity index (χ0v) is 10.1. The van der Waals surface area contributed by atoms with Gasteiger partial charge in [-0.2, -0.15) is 4.68 Å². The van der Waals surface area contributed by atoms with Gasteiger partial charge in [0.1, 0.15) is 0 Å². The summed E-state index contributed by atoms with van der Waals surface area (Å²) in [6, 6.07) is 0. The first kappa shape index (κ1) is 13.5. The van der Waals surface area contributed by atoms with Gasteiger partial charge in [0.15, 0.2) is 0 Å². The molecular weight excluding hydrogens is 222 g/mol. The molecule has 0 saturated carbocycles. The molecule has 0 aromatic carbocycles. The maximum Gasteiger partial charge on any atom is 0.351 e. The molecule has 1 aromatic heterocycles. The predicted molar refractivity (Wildman–Crippen MR) is 64.3 cm³/mol. The molecule has 0 atom stereocenters. The number of aromatic amines is 2. The van der Waals surface area contributed by atoms with E-state index in [1.165, 1.54) is 19.3 Å². The highest BCUT2D eigenvalue weighted by molar-refractivity contribution is 5.77. The summed E-state index contributed by atoms with van der Waals surface area (Å²) in [5.41, 5.74) is -1.34. The van der Waals surface area contributed by atoms with E-state index in [-0.39, 0.29) is 5.91 Å². The van der Waals surface area contributed by atoms with Gasteiger partial charge in [0.05, 0.1) is 0 Å². The van der Waals surface area contributed by atoms with Gasteiger partial charge in [0, 0.05) is 6.42 Å². The van der Waals surface area contributed by atoms with Crippen molar-refractivity contribution in [2.24, 2.45) is 0 Å². The Kier molecular flexibility index (Phi) is 5.45. The van der Waals surface area contributed by atoms with E-state index >= 15 is 0 Å². The summed E-state index contributed by atoms with van der Waals surface area (Å²) >= 11 is 0. The van der Waals surface area contributed by atoms with Crippen LogP contribution < -0.4 is 11.4 Å². The minimum atomic E-state index is -0.689. The first-order valence-corrected chi connectivity index (χ1v) is 6.09. The van der Waals surface area contributed by atoms with Crippen molar-refractivity contribution in [2.75, 3.05) is 0 Å². The Morgan fingerprint density at radius 3 is 2.35 bits per heavy atom. The molecule has 0 aliphatic heterocycles. The molecule has 0 bridgehead atoms. The molecule has 0 radical (unpaired) electrons. The Bertz CT molecular complexity index is 455. The number of nitrogens with one attached hydrogen (secondary N) is 2. The molecule has 17 heavy (non-hydrogen) atoms. The third kappa shape index (κ3) is 4.42. The van der Waals surface area contributed by atoms with E-state index in [1.807, 2.05) is 4.98 Å². The number of rotatable bonds is 7. The van der Waals surface area contributed by atoms with Crippen molar-refractivity contribution >= 4 is 5.91 Å². The smallest absolute Gasteiger partial charge is 0.272 e. The molecule has 2 N–H and O–H groups in total. The van der Waals surface area contributed by atoms with Crippen LogP contribution in [0.4, 0.5) is 0 Å². The van der Waals surface area contributed by atoms with Gasteiger partial charge >= 0.3 is 11.4 Å². The number of carbonyl (C=O) groups is 1. The molecule has 0 aliphatic carbocycles. The maximum absolute atomic E-state index is 11.5. The van der Waals surface area contributed by atoms with Crippen molar-refractivity contribution < 1.29 is 4.79 Å². The number of H-pyrrole nitrogens is 2. The second kappa shape index (κ2) is 6.88. The van der Waals surface area contributed by atoms with E-state index in [0.717, 1.165) is 23.9 Å². The zero-order chi connectivity index (χ0) is 12.7. The average Bonchev–Trinajstić information content (AvgIpc) is 2.62. The van der Waals surface area contributed by atoms with Gasteiger partial charge in [-0.3, -0.25) is 9.78 Å². The van der Waals surface area contributed by atoms with Crippen LogP contribution in [0.5, 0.6) is 0 Å². The van der Waals surface area contributed by atoms with Gasteiger partial charge in [-0.15, -0.1) is 0 Å². The monoisotopic (exact) mass is 241 g/mol. The summed E-state index contributed by atoms with van der Waals surface area (Å²) in [5, 5.41) is 2.15. The molecule has 0 amide bonds. The normalized spacial score (nSPS) is 10.6. The fourth-order valence-corrected chi connectivity index (χ4v) is 1.68. The van der Waals surface area contributed by atoms with Crippen molar-refractivity contribution in [3.63, 3.8) is 0 Å². The highest BCUT2D eigenvalue weighted by Crippen LogP contribution is 2.06. The van der Waals surface area contributed by atoms with Crippen LogP contribution in [0, 0.1) is 0 Å². The Balaban J connectivity index is 2.28.